The lowest BCUT2D eigenvalue weighted by Crippen LogP contribution is -2.14. The number of phenolic OH excluding ortho intramolecular Hbond substituents is 1. The van der Waals surface area contributed by atoms with Crippen LogP contribution in [0.5, 0.6) is 11.5 Å². The number of aryl methyl sites for hydroxylation is 1. The van der Waals surface area contributed by atoms with Crippen LogP contribution in [0.25, 0.3) is 6.08 Å². The van der Waals surface area contributed by atoms with Gasteiger partial charge in [-0.05, 0) is 64.9 Å². The van der Waals surface area contributed by atoms with Crippen molar-refractivity contribution < 1.29 is 14.6 Å². The first-order valence-corrected chi connectivity index (χ1v) is 8.09. The molecule has 24 heavy (non-hydrogen) atoms. The molecule has 0 aliphatic heterocycles. The Hall–Kier alpha value is -2.53. The molecule has 2 rings (SSSR count). The van der Waals surface area contributed by atoms with Crippen LogP contribution < -0.4 is 10.1 Å². The average Bonchev–Trinajstić information content (AvgIpc) is 2.57. The van der Waals surface area contributed by atoms with Gasteiger partial charge in [0.1, 0.15) is 11.6 Å². The van der Waals surface area contributed by atoms with Gasteiger partial charge in [0, 0.05) is 5.69 Å². The molecule has 0 aromatic heterocycles. The highest BCUT2D eigenvalue weighted by molar-refractivity contribution is 14.1. The minimum atomic E-state index is -0.492. The van der Waals surface area contributed by atoms with E-state index in [-0.39, 0.29) is 17.1 Å². The molecule has 0 aliphatic rings. The lowest BCUT2D eigenvalue weighted by atomic mass is 10.1. The molecule has 0 saturated heterocycles. The predicted molar refractivity (Wildman–Crippen MR) is 101 cm³/mol. The molecule has 0 saturated carbocycles. The molecule has 0 spiro atoms. The van der Waals surface area contributed by atoms with Crippen molar-refractivity contribution in [3.8, 4) is 17.6 Å². The van der Waals surface area contributed by atoms with E-state index >= 15 is 0 Å². The summed E-state index contributed by atoms with van der Waals surface area (Å²) in [5, 5.41) is 21.9. The van der Waals surface area contributed by atoms with Crippen LogP contribution in [-0.2, 0) is 4.79 Å². The van der Waals surface area contributed by atoms with Crippen LogP contribution in [0.2, 0.25) is 0 Å². The van der Waals surface area contributed by atoms with E-state index < -0.39 is 5.91 Å². The molecule has 0 atom stereocenters. The van der Waals surface area contributed by atoms with Gasteiger partial charge in [-0.15, -0.1) is 0 Å². The number of nitrogens with one attached hydrogen (secondary N) is 1. The molecule has 5 nitrogen and oxygen atoms in total. The first-order valence-electron chi connectivity index (χ1n) is 7.01. The molecule has 0 bridgehead atoms. The van der Waals surface area contributed by atoms with Gasteiger partial charge >= 0.3 is 0 Å². The standard InChI is InChI=1S/C18H15IN2O3/c1-11-5-3-4-6-15(11)21-18(23)13(10-20)7-12-8-14(19)17(22)16(9-12)24-2/h3-9,22H,1-2H3,(H,21,23)/b13-7+. The number of phenols is 1. The second kappa shape index (κ2) is 7.84. The maximum absolute atomic E-state index is 12.3. The van der Waals surface area contributed by atoms with Crippen molar-refractivity contribution in [2.45, 2.75) is 6.92 Å². The Bertz CT molecular complexity index is 854. The molecule has 2 N–H and O–H groups in total. The van der Waals surface area contributed by atoms with E-state index in [9.17, 15) is 15.2 Å². The number of rotatable bonds is 4. The number of anilines is 1. The molecular formula is C18H15IN2O3. The van der Waals surface area contributed by atoms with Gasteiger partial charge in [0.05, 0.1) is 10.7 Å². The summed E-state index contributed by atoms with van der Waals surface area (Å²) in [6.07, 6.45) is 1.46. The molecule has 0 heterocycles. The van der Waals surface area contributed by atoms with Crippen molar-refractivity contribution in [2.24, 2.45) is 0 Å². The number of aromatic hydroxyl groups is 1. The zero-order valence-corrected chi connectivity index (χ0v) is 15.3. The number of nitriles is 1. The van der Waals surface area contributed by atoms with E-state index in [2.05, 4.69) is 5.32 Å². The number of benzene rings is 2. The van der Waals surface area contributed by atoms with Gasteiger partial charge in [-0.25, -0.2) is 0 Å². The average molecular weight is 434 g/mol. The minimum Gasteiger partial charge on any atom is -0.504 e. The topological polar surface area (TPSA) is 82.3 Å². The number of carbonyl (C=O) groups is 1. The second-order valence-electron chi connectivity index (χ2n) is 4.99. The van der Waals surface area contributed by atoms with Crippen molar-refractivity contribution >= 4 is 40.3 Å². The molecule has 2 aromatic rings. The van der Waals surface area contributed by atoms with Crippen molar-refractivity contribution in [2.75, 3.05) is 12.4 Å². The number of para-hydroxylation sites is 1. The van der Waals surface area contributed by atoms with Crippen LogP contribution in [-0.4, -0.2) is 18.1 Å². The predicted octanol–water partition coefficient (Wildman–Crippen LogP) is 3.86. The maximum atomic E-state index is 12.3. The zero-order chi connectivity index (χ0) is 17.7. The van der Waals surface area contributed by atoms with Crippen LogP contribution in [0.15, 0.2) is 42.0 Å². The lowest BCUT2D eigenvalue weighted by molar-refractivity contribution is -0.112. The molecule has 0 radical (unpaired) electrons. The highest BCUT2D eigenvalue weighted by atomic mass is 127. The molecule has 0 unspecified atom stereocenters. The molecule has 2 aromatic carbocycles. The van der Waals surface area contributed by atoms with Gasteiger partial charge in [0.15, 0.2) is 11.5 Å². The highest BCUT2D eigenvalue weighted by Gasteiger charge is 2.13. The fourth-order valence-corrected chi connectivity index (χ4v) is 2.68. The fraction of sp³-hybridized carbons (Fsp3) is 0.111. The number of hydrogen-bond donors (Lipinski definition) is 2. The Balaban J connectivity index is 2.33. The molecule has 122 valence electrons. The van der Waals surface area contributed by atoms with Crippen molar-refractivity contribution in [3.05, 3.63) is 56.7 Å². The van der Waals surface area contributed by atoms with Gasteiger partial charge in [0.25, 0.3) is 5.91 Å². The number of halogens is 1. The highest BCUT2D eigenvalue weighted by Crippen LogP contribution is 2.33. The van der Waals surface area contributed by atoms with Gasteiger partial charge in [-0.1, -0.05) is 18.2 Å². The van der Waals surface area contributed by atoms with E-state index in [0.29, 0.717) is 14.8 Å². The number of nitrogens with zero attached hydrogens (tertiary/aromatic N) is 1. The van der Waals surface area contributed by atoms with Crippen LogP contribution >= 0.6 is 22.6 Å². The number of hydrogen-bond acceptors (Lipinski definition) is 4. The minimum absolute atomic E-state index is 0.0260. The maximum Gasteiger partial charge on any atom is 0.266 e. The molecule has 1 amide bonds. The van der Waals surface area contributed by atoms with Crippen LogP contribution in [0.4, 0.5) is 5.69 Å². The summed E-state index contributed by atoms with van der Waals surface area (Å²) in [7, 11) is 1.44. The first kappa shape index (κ1) is 17.8. The third-order valence-electron chi connectivity index (χ3n) is 3.34. The van der Waals surface area contributed by atoms with Crippen molar-refractivity contribution in [1.29, 1.82) is 5.26 Å². The summed E-state index contributed by atoms with van der Waals surface area (Å²) < 4.78 is 5.65. The summed E-state index contributed by atoms with van der Waals surface area (Å²) in [5.41, 5.74) is 2.11. The third-order valence-corrected chi connectivity index (χ3v) is 4.16. The van der Waals surface area contributed by atoms with Crippen LogP contribution in [0.1, 0.15) is 11.1 Å². The van der Waals surface area contributed by atoms with E-state index in [0.717, 1.165) is 5.56 Å². The summed E-state index contributed by atoms with van der Waals surface area (Å²) in [4.78, 5) is 12.3. The van der Waals surface area contributed by atoms with Gasteiger partial charge in [-0.2, -0.15) is 5.26 Å². The second-order valence-corrected chi connectivity index (χ2v) is 6.15. The molecule has 0 fully saturated rings. The van der Waals surface area contributed by atoms with Gasteiger partial charge < -0.3 is 15.2 Å². The molecular weight excluding hydrogens is 419 g/mol. The van der Waals surface area contributed by atoms with Crippen LogP contribution in [0.3, 0.4) is 0 Å². The number of amides is 1. The smallest absolute Gasteiger partial charge is 0.266 e. The number of carbonyl (C=O) groups excluding carboxylic acids is 1. The van der Waals surface area contributed by atoms with Crippen LogP contribution in [0, 0.1) is 21.8 Å². The Morgan fingerprint density at radius 3 is 2.71 bits per heavy atom. The van der Waals surface area contributed by atoms with Crippen molar-refractivity contribution in [3.63, 3.8) is 0 Å². The summed E-state index contributed by atoms with van der Waals surface area (Å²) in [6, 6.07) is 12.5. The summed E-state index contributed by atoms with van der Waals surface area (Å²) in [6.45, 7) is 1.87. The summed E-state index contributed by atoms with van der Waals surface area (Å²) >= 11 is 1.96. The van der Waals surface area contributed by atoms with E-state index in [1.54, 1.807) is 18.2 Å². The SMILES string of the molecule is COc1cc(/C=C(\C#N)C(=O)Nc2ccccc2C)cc(I)c1O. The number of ether oxygens (including phenoxy) is 1. The molecule has 6 heteroatoms. The normalized spacial score (nSPS) is 10.8. The van der Waals surface area contributed by atoms with E-state index in [1.165, 1.54) is 13.2 Å². The Morgan fingerprint density at radius 2 is 2.08 bits per heavy atom. The van der Waals surface area contributed by atoms with E-state index in [4.69, 9.17) is 4.74 Å². The number of methoxy groups -OCH3 is 1. The van der Waals surface area contributed by atoms with E-state index in [1.807, 2.05) is 53.8 Å². The lowest BCUT2D eigenvalue weighted by Gasteiger charge is -2.08. The quantitative estimate of drug-likeness (QED) is 0.435. The fourth-order valence-electron chi connectivity index (χ4n) is 2.05. The molecule has 0 aliphatic carbocycles. The summed E-state index contributed by atoms with van der Waals surface area (Å²) in [5.74, 6) is -0.184. The third kappa shape index (κ3) is 4.06. The largest absolute Gasteiger partial charge is 0.504 e. The van der Waals surface area contributed by atoms with Gasteiger partial charge in [-0.3, -0.25) is 4.79 Å². The zero-order valence-electron chi connectivity index (χ0n) is 13.1. The Labute approximate surface area is 153 Å². The Kier molecular flexibility index (Phi) is 5.82. The monoisotopic (exact) mass is 434 g/mol. The first-order chi connectivity index (χ1) is 11.5. The van der Waals surface area contributed by atoms with Gasteiger partial charge in [0.2, 0.25) is 0 Å². The van der Waals surface area contributed by atoms with Crippen molar-refractivity contribution in [1.82, 2.24) is 0 Å². The Morgan fingerprint density at radius 1 is 1.38 bits per heavy atom.